The number of methoxy groups -OCH3 is 2. The Morgan fingerprint density at radius 3 is 2.31 bits per heavy atom. The van der Waals surface area contributed by atoms with E-state index >= 15 is 0 Å². The molecule has 10 heteroatoms. The van der Waals surface area contributed by atoms with E-state index in [-0.39, 0.29) is 22.8 Å². The van der Waals surface area contributed by atoms with Crippen LogP contribution in [0.1, 0.15) is 25.3 Å². The van der Waals surface area contributed by atoms with Crippen LogP contribution in [-0.4, -0.2) is 31.9 Å². The highest BCUT2D eigenvalue weighted by molar-refractivity contribution is 7.99. The summed E-state index contributed by atoms with van der Waals surface area (Å²) in [4.78, 5) is 12.0. The number of rotatable bonds is 8. The summed E-state index contributed by atoms with van der Waals surface area (Å²) in [5, 5.41) is 0. The van der Waals surface area contributed by atoms with Gasteiger partial charge in [0.25, 0.3) is 0 Å². The van der Waals surface area contributed by atoms with Crippen LogP contribution in [0, 0.1) is 5.92 Å². The van der Waals surface area contributed by atoms with Crippen molar-refractivity contribution in [2.24, 2.45) is 5.92 Å². The number of esters is 1. The molecule has 0 spiro atoms. The molecule has 0 aromatic heterocycles. The Balaban J connectivity index is 2.96. The molecule has 0 heterocycles. The van der Waals surface area contributed by atoms with Crippen LogP contribution in [-0.2, 0) is 15.7 Å². The number of alkyl halides is 5. The largest absolute Gasteiger partial charge is 0.496 e. The molecule has 1 unspecified atom stereocenters. The number of hydrogen-bond donors (Lipinski definition) is 1. The van der Waals surface area contributed by atoms with Crippen molar-refractivity contribution in [2.75, 3.05) is 25.7 Å². The molecule has 0 amide bonds. The van der Waals surface area contributed by atoms with Gasteiger partial charge in [-0.2, -0.15) is 13.2 Å². The van der Waals surface area contributed by atoms with Gasteiger partial charge >= 0.3 is 12.1 Å². The molecule has 0 radical (unpaired) electrons. The van der Waals surface area contributed by atoms with Gasteiger partial charge in [0, 0.05) is 22.8 Å². The number of thioether (sulfide) groups is 1. The quantitative estimate of drug-likeness (QED) is 0.298. The monoisotopic (exact) mass is 401 g/mol. The lowest BCUT2D eigenvalue weighted by Gasteiger charge is -2.18. The Morgan fingerprint density at radius 1 is 1.23 bits per heavy atom. The Hall–Kier alpha value is -1.71. The van der Waals surface area contributed by atoms with Gasteiger partial charge in [-0.25, -0.2) is 8.78 Å². The first kappa shape index (κ1) is 22.3. The molecular formula is C16H20F5NO3S. The summed E-state index contributed by atoms with van der Waals surface area (Å²) in [6, 6.07) is 1.86. The number of carbonyl (C=O) groups is 1. The number of ether oxygens (including phenoxy) is 2. The van der Waals surface area contributed by atoms with Crippen molar-refractivity contribution in [1.29, 1.82) is 0 Å². The van der Waals surface area contributed by atoms with Gasteiger partial charge in [-0.1, -0.05) is 0 Å². The number of hydrogen-bond acceptors (Lipinski definition) is 5. The molecule has 0 aliphatic carbocycles. The minimum atomic E-state index is -4.63. The molecule has 0 aliphatic heterocycles. The fourth-order valence-electron chi connectivity index (χ4n) is 2.15. The molecule has 0 saturated carbocycles. The number of nitrogen functional groups attached to an aromatic ring is 1. The van der Waals surface area contributed by atoms with E-state index in [2.05, 4.69) is 4.74 Å². The lowest BCUT2D eigenvalue weighted by molar-refractivity contribution is -0.145. The second kappa shape index (κ2) is 8.79. The minimum Gasteiger partial charge on any atom is -0.496 e. The van der Waals surface area contributed by atoms with Crippen LogP contribution in [0.15, 0.2) is 17.0 Å². The Bertz CT molecular complexity index is 632. The third-order valence-electron chi connectivity index (χ3n) is 3.54. The molecule has 0 saturated heterocycles. The topological polar surface area (TPSA) is 61.5 Å². The summed E-state index contributed by atoms with van der Waals surface area (Å²) in [6.45, 7) is 0.743. The number of carbonyl (C=O) groups excluding carboxylic acids is 1. The van der Waals surface area contributed by atoms with E-state index in [9.17, 15) is 26.7 Å². The van der Waals surface area contributed by atoms with Crippen LogP contribution in [0.25, 0.3) is 0 Å². The summed E-state index contributed by atoms with van der Waals surface area (Å²) in [6.07, 6.45) is -5.27. The second-order valence-corrected chi connectivity index (χ2v) is 6.79. The van der Waals surface area contributed by atoms with Gasteiger partial charge < -0.3 is 15.2 Å². The van der Waals surface area contributed by atoms with Crippen LogP contribution in [0.5, 0.6) is 5.75 Å². The molecule has 148 valence electrons. The molecule has 4 nitrogen and oxygen atoms in total. The molecule has 26 heavy (non-hydrogen) atoms. The highest BCUT2D eigenvalue weighted by Gasteiger charge is 2.35. The van der Waals surface area contributed by atoms with E-state index < -0.39 is 41.7 Å². The zero-order chi connectivity index (χ0) is 20.1. The molecule has 1 atom stereocenters. The van der Waals surface area contributed by atoms with Crippen molar-refractivity contribution in [3.05, 3.63) is 17.7 Å². The zero-order valence-electron chi connectivity index (χ0n) is 14.5. The Morgan fingerprint density at radius 2 is 1.85 bits per heavy atom. The number of nitrogens with two attached hydrogens (primary N) is 1. The molecule has 0 bridgehead atoms. The van der Waals surface area contributed by atoms with E-state index in [0.29, 0.717) is 0 Å². The summed E-state index contributed by atoms with van der Waals surface area (Å²) in [5.74, 6) is -4.83. The SMILES string of the molecule is COC(=O)C(CCC(C)(F)F)CSc1cc(OC)c(C(F)(F)F)cc1N. The maximum Gasteiger partial charge on any atom is 0.420 e. The number of anilines is 1. The van der Waals surface area contributed by atoms with Gasteiger partial charge in [-0.05, 0) is 25.5 Å². The van der Waals surface area contributed by atoms with E-state index in [4.69, 9.17) is 10.5 Å². The molecule has 2 N–H and O–H groups in total. The predicted molar refractivity (Wildman–Crippen MR) is 88.5 cm³/mol. The van der Waals surface area contributed by atoms with Crippen molar-refractivity contribution in [1.82, 2.24) is 0 Å². The van der Waals surface area contributed by atoms with Gasteiger partial charge in [-0.15, -0.1) is 11.8 Å². The van der Waals surface area contributed by atoms with Crippen molar-refractivity contribution >= 4 is 23.4 Å². The van der Waals surface area contributed by atoms with Crippen molar-refractivity contribution in [2.45, 2.75) is 36.8 Å². The van der Waals surface area contributed by atoms with Crippen molar-refractivity contribution in [3.8, 4) is 5.75 Å². The predicted octanol–water partition coefficient (Wildman–Crippen LogP) is 4.61. The normalized spacial score (nSPS) is 13.4. The van der Waals surface area contributed by atoms with Crippen LogP contribution in [0.4, 0.5) is 27.6 Å². The molecule has 1 aromatic carbocycles. The highest BCUT2D eigenvalue weighted by Crippen LogP contribution is 2.41. The summed E-state index contributed by atoms with van der Waals surface area (Å²) < 4.78 is 74.3. The average molecular weight is 401 g/mol. The lowest BCUT2D eigenvalue weighted by Crippen LogP contribution is -2.22. The third kappa shape index (κ3) is 6.54. The van der Waals surface area contributed by atoms with E-state index in [1.54, 1.807) is 0 Å². The third-order valence-corrected chi connectivity index (χ3v) is 4.78. The smallest absolute Gasteiger partial charge is 0.420 e. The van der Waals surface area contributed by atoms with Crippen molar-refractivity contribution < 1.29 is 36.2 Å². The summed E-state index contributed by atoms with van der Waals surface area (Å²) >= 11 is 0.980. The van der Waals surface area contributed by atoms with Gasteiger partial charge in [0.1, 0.15) is 5.75 Å². The number of halogens is 5. The van der Waals surface area contributed by atoms with Crippen molar-refractivity contribution in [3.63, 3.8) is 0 Å². The molecule has 1 rings (SSSR count). The average Bonchev–Trinajstić information content (AvgIpc) is 2.53. The van der Waals surface area contributed by atoms with Gasteiger partial charge in [0.2, 0.25) is 5.92 Å². The zero-order valence-corrected chi connectivity index (χ0v) is 15.3. The van der Waals surface area contributed by atoms with E-state index in [0.717, 1.165) is 45.0 Å². The van der Waals surface area contributed by atoms with Gasteiger partial charge in [-0.3, -0.25) is 4.79 Å². The molecule has 0 fully saturated rings. The molecular weight excluding hydrogens is 381 g/mol. The first-order valence-electron chi connectivity index (χ1n) is 7.52. The van der Waals surface area contributed by atoms with E-state index in [1.807, 2.05) is 0 Å². The Labute approximate surface area is 152 Å². The fourth-order valence-corrected chi connectivity index (χ4v) is 3.25. The standard InChI is InChI=1S/C16H20F5NO3S/c1-15(17,18)5-4-9(14(23)25-3)8-26-13-7-12(24-2)10(6-11(13)22)16(19,20)21/h6-7,9H,4-5,8,22H2,1-3H3. The second-order valence-electron chi connectivity index (χ2n) is 5.73. The van der Waals surface area contributed by atoms with Crippen LogP contribution >= 0.6 is 11.8 Å². The Kier molecular flexibility index (Phi) is 7.55. The van der Waals surface area contributed by atoms with Crippen LogP contribution < -0.4 is 10.5 Å². The first-order chi connectivity index (χ1) is 11.9. The molecule has 0 aliphatic rings. The minimum absolute atomic E-state index is 0.0292. The van der Waals surface area contributed by atoms with E-state index in [1.165, 1.54) is 0 Å². The first-order valence-corrected chi connectivity index (χ1v) is 8.50. The summed E-state index contributed by atoms with van der Waals surface area (Å²) in [5.41, 5.74) is 4.50. The lowest BCUT2D eigenvalue weighted by atomic mass is 10.0. The fraction of sp³-hybridized carbons (Fsp3) is 0.562. The molecule has 1 aromatic rings. The maximum atomic E-state index is 13.0. The van der Waals surface area contributed by atoms with Crippen LogP contribution in [0.2, 0.25) is 0 Å². The number of benzene rings is 1. The maximum absolute atomic E-state index is 13.0. The van der Waals surface area contributed by atoms with Gasteiger partial charge in [0.15, 0.2) is 0 Å². The van der Waals surface area contributed by atoms with Crippen LogP contribution in [0.3, 0.4) is 0 Å². The summed E-state index contributed by atoms with van der Waals surface area (Å²) in [7, 11) is 2.23. The highest BCUT2D eigenvalue weighted by atomic mass is 32.2. The van der Waals surface area contributed by atoms with Gasteiger partial charge in [0.05, 0.1) is 25.7 Å².